The molecule has 0 heterocycles. The number of benzene rings is 1. The van der Waals surface area contributed by atoms with E-state index >= 15 is 0 Å². The second-order valence-corrected chi connectivity index (χ2v) is 3.71. The maximum absolute atomic E-state index is 11.0. The molecular weight excluding hydrogens is 220 g/mol. The normalized spacial score (nSPS) is 9.88. The van der Waals surface area contributed by atoms with Crippen LogP contribution in [0.4, 0.5) is 0 Å². The van der Waals surface area contributed by atoms with Gasteiger partial charge in [-0.2, -0.15) is 0 Å². The van der Waals surface area contributed by atoms with Gasteiger partial charge in [-0.25, -0.2) is 0 Å². The van der Waals surface area contributed by atoms with Gasteiger partial charge >= 0.3 is 0 Å². The van der Waals surface area contributed by atoms with Crippen molar-refractivity contribution in [3.05, 3.63) is 17.7 Å². The first kappa shape index (κ1) is 13.4. The van der Waals surface area contributed by atoms with Crippen LogP contribution in [-0.2, 0) is 11.2 Å². The highest BCUT2D eigenvalue weighted by Gasteiger charge is 2.13. The molecule has 17 heavy (non-hydrogen) atoms. The minimum atomic E-state index is 0.143. The second-order valence-electron chi connectivity index (χ2n) is 3.71. The van der Waals surface area contributed by atoms with Crippen LogP contribution in [0.5, 0.6) is 17.2 Å². The summed E-state index contributed by atoms with van der Waals surface area (Å²) in [6, 6.07) is 3.58. The number of hydrogen-bond acceptors (Lipinski definition) is 4. The van der Waals surface area contributed by atoms with Gasteiger partial charge in [0.05, 0.1) is 21.3 Å². The van der Waals surface area contributed by atoms with E-state index in [0.717, 1.165) is 5.56 Å². The molecule has 0 N–H and O–H groups in total. The maximum atomic E-state index is 11.0. The van der Waals surface area contributed by atoms with Crippen molar-refractivity contribution in [2.24, 2.45) is 0 Å². The first-order valence-electron chi connectivity index (χ1n) is 5.40. The monoisotopic (exact) mass is 238 g/mol. The quantitative estimate of drug-likeness (QED) is 0.762. The Kier molecular flexibility index (Phi) is 4.82. The van der Waals surface area contributed by atoms with E-state index in [2.05, 4.69) is 0 Å². The molecule has 0 bridgehead atoms. The molecule has 0 aliphatic carbocycles. The summed E-state index contributed by atoms with van der Waals surface area (Å²) < 4.78 is 15.7. The number of rotatable bonds is 6. The van der Waals surface area contributed by atoms with Gasteiger partial charge in [-0.1, -0.05) is 0 Å². The highest BCUT2D eigenvalue weighted by molar-refractivity contribution is 5.76. The van der Waals surface area contributed by atoms with E-state index in [9.17, 15) is 4.79 Å². The minimum Gasteiger partial charge on any atom is -0.496 e. The van der Waals surface area contributed by atoms with Gasteiger partial charge in [0.2, 0.25) is 0 Å². The zero-order valence-corrected chi connectivity index (χ0v) is 10.7. The Bertz CT molecular complexity index is 373. The molecule has 0 atom stereocenters. The zero-order valence-electron chi connectivity index (χ0n) is 10.7. The van der Waals surface area contributed by atoms with Gasteiger partial charge in [0, 0.05) is 24.1 Å². The number of carbonyl (C=O) groups excluding carboxylic acids is 1. The van der Waals surface area contributed by atoms with Gasteiger partial charge in [0.25, 0.3) is 0 Å². The second kappa shape index (κ2) is 6.13. The van der Waals surface area contributed by atoms with Gasteiger partial charge < -0.3 is 19.0 Å². The highest BCUT2D eigenvalue weighted by atomic mass is 16.5. The number of methoxy groups -OCH3 is 3. The molecule has 0 amide bonds. The standard InChI is InChI=1S/C13H18O4/c1-9(14)5-6-11-12(16-3)7-10(15-2)8-13(11)17-4/h7-8H,5-6H2,1-4H3. The van der Waals surface area contributed by atoms with E-state index in [1.54, 1.807) is 40.4 Å². The Labute approximate surface area is 101 Å². The van der Waals surface area contributed by atoms with Crippen molar-refractivity contribution in [2.75, 3.05) is 21.3 Å². The topological polar surface area (TPSA) is 44.8 Å². The molecule has 4 heteroatoms. The first-order chi connectivity index (χ1) is 8.12. The molecule has 1 aromatic carbocycles. The molecule has 0 aromatic heterocycles. The summed E-state index contributed by atoms with van der Waals surface area (Å²) in [5, 5.41) is 0. The lowest BCUT2D eigenvalue weighted by Crippen LogP contribution is -2.01. The molecular formula is C13H18O4. The van der Waals surface area contributed by atoms with Crippen LogP contribution < -0.4 is 14.2 Å². The van der Waals surface area contributed by atoms with Crippen molar-refractivity contribution in [3.63, 3.8) is 0 Å². The van der Waals surface area contributed by atoms with Crippen molar-refractivity contribution < 1.29 is 19.0 Å². The van der Waals surface area contributed by atoms with Gasteiger partial charge in [0.1, 0.15) is 23.0 Å². The number of hydrogen-bond donors (Lipinski definition) is 0. The SMILES string of the molecule is COc1cc(OC)c(CCC(C)=O)c(OC)c1. The van der Waals surface area contributed by atoms with Gasteiger partial charge in [-0.3, -0.25) is 0 Å². The first-order valence-corrected chi connectivity index (χ1v) is 5.40. The lowest BCUT2D eigenvalue weighted by atomic mass is 10.1. The Hall–Kier alpha value is -1.71. The summed E-state index contributed by atoms with van der Waals surface area (Å²) >= 11 is 0. The van der Waals surface area contributed by atoms with Crippen LogP contribution in [0, 0.1) is 0 Å². The van der Waals surface area contributed by atoms with Gasteiger partial charge in [0.15, 0.2) is 0 Å². The maximum Gasteiger partial charge on any atom is 0.130 e. The molecule has 0 fully saturated rings. The van der Waals surface area contributed by atoms with Crippen LogP contribution in [0.2, 0.25) is 0 Å². The van der Waals surface area contributed by atoms with Crippen molar-refractivity contribution in [3.8, 4) is 17.2 Å². The summed E-state index contributed by atoms with van der Waals surface area (Å²) in [6.45, 7) is 1.57. The van der Waals surface area contributed by atoms with Crippen molar-refractivity contribution in [1.82, 2.24) is 0 Å². The summed E-state index contributed by atoms with van der Waals surface area (Å²) in [4.78, 5) is 11.0. The predicted molar refractivity (Wildman–Crippen MR) is 65.1 cm³/mol. The van der Waals surface area contributed by atoms with E-state index in [0.29, 0.717) is 30.1 Å². The number of ketones is 1. The van der Waals surface area contributed by atoms with Crippen molar-refractivity contribution >= 4 is 5.78 Å². The van der Waals surface area contributed by atoms with Gasteiger partial charge in [-0.15, -0.1) is 0 Å². The Morgan fingerprint density at radius 2 is 1.59 bits per heavy atom. The average Bonchev–Trinajstić information content (AvgIpc) is 2.34. The molecule has 0 saturated heterocycles. The average molecular weight is 238 g/mol. The summed E-state index contributed by atoms with van der Waals surface area (Å²) in [5.74, 6) is 2.18. The Balaban J connectivity index is 3.10. The van der Waals surface area contributed by atoms with Crippen LogP contribution in [0.3, 0.4) is 0 Å². The predicted octanol–water partition coefficient (Wildman–Crippen LogP) is 2.23. The van der Waals surface area contributed by atoms with Crippen LogP contribution >= 0.6 is 0 Å². The van der Waals surface area contributed by atoms with E-state index in [1.165, 1.54) is 0 Å². The zero-order chi connectivity index (χ0) is 12.8. The lowest BCUT2D eigenvalue weighted by molar-refractivity contribution is -0.116. The summed E-state index contributed by atoms with van der Waals surface area (Å²) in [6.07, 6.45) is 1.07. The Morgan fingerprint density at radius 1 is 1.06 bits per heavy atom. The molecule has 0 aliphatic heterocycles. The number of Topliss-reactive ketones (excluding diaryl/α,β-unsaturated/α-hetero) is 1. The highest BCUT2D eigenvalue weighted by Crippen LogP contribution is 2.34. The minimum absolute atomic E-state index is 0.143. The fraction of sp³-hybridized carbons (Fsp3) is 0.462. The van der Waals surface area contributed by atoms with Crippen molar-refractivity contribution in [1.29, 1.82) is 0 Å². The smallest absolute Gasteiger partial charge is 0.130 e. The number of ether oxygens (including phenoxy) is 3. The third-order valence-corrected chi connectivity index (χ3v) is 2.54. The van der Waals surface area contributed by atoms with E-state index in [4.69, 9.17) is 14.2 Å². The van der Waals surface area contributed by atoms with Gasteiger partial charge in [-0.05, 0) is 13.3 Å². The molecule has 4 nitrogen and oxygen atoms in total. The molecule has 1 aromatic rings. The molecule has 0 radical (unpaired) electrons. The fourth-order valence-electron chi connectivity index (χ4n) is 1.63. The molecule has 0 spiro atoms. The van der Waals surface area contributed by atoms with Crippen LogP contribution in [0.15, 0.2) is 12.1 Å². The molecule has 0 aliphatic rings. The van der Waals surface area contributed by atoms with E-state index in [1.807, 2.05) is 0 Å². The molecule has 0 unspecified atom stereocenters. The largest absolute Gasteiger partial charge is 0.496 e. The van der Waals surface area contributed by atoms with Crippen molar-refractivity contribution in [2.45, 2.75) is 19.8 Å². The fourth-order valence-corrected chi connectivity index (χ4v) is 1.63. The molecule has 1 rings (SSSR count). The van der Waals surface area contributed by atoms with Crippen LogP contribution in [0.25, 0.3) is 0 Å². The van der Waals surface area contributed by atoms with Crippen LogP contribution in [-0.4, -0.2) is 27.1 Å². The summed E-state index contributed by atoms with van der Waals surface area (Å²) in [5.41, 5.74) is 0.894. The number of carbonyl (C=O) groups is 1. The van der Waals surface area contributed by atoms with E-state index in [-0.39, 0.29) is 5.78 Å². The van der Waals surface area contributed by atoms with E-state index < -0.39 is 0 Å². The third-order valence-electron chi connectivity index (χ3n) is 2.54. The molecule has 0 saturated carbocycles. The summed E-state index contributed by atoms with van der Waals surface area (Å²) in [7, 11) is 4.76. The third kappa shape index (κ3) is 3.37. The lowest BCUT2D eigenvalue weighted by Gasteiger charge is -2.14. The molecule has 94 valence electrons. The Morgan fingerprint density at radius 3 is 1.94 bits per heavy atom. The van der Waals surface area contributed by atoms with Crippen LogP contribution in [0.1, 0.15) is 18.9 Å².